The van der Waals surface area contributed by atoms with Crippen LogP contribution in [0.25, 0.3) is 0 Å². The summed E-state index contributed by atoms with van der Waals surface area (Å²) in [7, 11) is 0. The number of ether oxygens (including phenoxy) is 1. The van der Waals surface area contributed by atoms with Gasteiger partial charge < -0.3 is 15.4 Å². The van der Waals surface area contributed by atoms with Crippen molar-refractivity contribution >= 4 is 23.0 Å². The summed E-state index contributed by atoms with van der Waals surface area (Å²) in [5, 5.41) is 7.27. The molecule has 1 aliphatic rings. The monoisotopic (exact) mass is 321 g/mol. The summed E-state index contributed by atoms with van der Waals surface area (Å²) in [6.45, 7) is 13.1. The molecular formula is C17H27N3OS. The molecule has 1 fully saturated rings. The molecule has 0 aliphatic carbocycles. The average molecular weight is 321 g/mol. The summed E-state index contributed by atoms with van der Waals surface area (Å²) in [5.41, 5.74) is 3.64. The molecule has 0 atom stereocenters. The summed E-state index contributed by atoms with van der Waals surface area (Å²) in [6.07, 6.45) is 0. The van der Waals surface area contributed by atoms with Crippen LogP contribution in [0.1, 0.15) is 25.0 Å². The number of rotatable bonds is 4. The van der Waals surface area contributed by atoms with Crippen molar-refractivity contribution < 1.29 is 4.74 Å². The minimum Gasteiger partial charge on any atom is -0.379 e. The number of morpholine rings is 1. The lowest BCUT2D eigenvalue weighted by molar-refractivity contribution is -0.00823. The minimum absolute atomic E-state index is 0.0543. The lowest BCUT2D eigenvalue weighted by atomic mass is 10.0. The third kappa shape index (κ3) is 4.66. The zero-order chi connectivity index (χ0) is 16.2. The van der Waals surface area contributed by atoms with E-state index in [0.717, 1.165) is 38.5 Å². The number of thiocarbonyl (C=S) groups is 1. The van der Waals surface area contributed by atoms with E-state index in [1.165, 1.54) is 11.1 Å². The quantitative estimate of drug-likeness (QED) is 0.834. The van der Waals surface area contributed by atoms with Crippen molar-refractivity contribution in [3.05, 3.63) is 29.3 Å². The molecule has 2 N–H and O–H groups in total. The third-order valence-electron chi connectivity index (χ3n) is 4.31. The van der Waals surface area contributed by atoms with Gasteiger partial charge in [-0.3, -0.25) is 4.90 Å². The predicted octanol–water partition coefficient (Wildman–Crippen LogP) is 2.70. The van der Waals surface area contributed by atoms with Crippen molar-refractivity contribution in [2.75, 3.05) is 38.2 Å². The molecule has 1 aromatic carbocycles. The first kappa shape index (κ1) is 17.2. The highest BCUT2D eigenvalue weighted by molar-refractivity contribution is 7.80. The van der Waals surface area contributed by atoms with E-state index in [-0.39, 0.29) is 5.54 Å². The SMILES string of the molecule is Cc1ccc(NC(=S)NCC(C)(C)N2CCOCC2)cc1C. The van der Waals surface area contributed by atoms with E-state index in [9.17, 15) is 0 Å². The van der Waals surface area contributed by atoms with Crippen LogP contribution in [-0.2, 0) is 4.74 Å². The Kier molecular flexibility index (Phi) is 5.78. The maximum atomic E-state index is 5.42. The van der Waals surface area contributed by atoms with Crippen LogP contribution < -0.4 is 10.6 Å². The van der Waals surface area contributed by atoms with Crippen molar-refractivity contribution in [3.8, 4) is 0 Å². The van der Waals surface area contributed by atoms with Crippen molar-refractivity contribution in [3.63, 3.8) is 0 Å². The summed E-state index contributed by atoms with van der Waals surface area (Å²) in [5.74, 6) is 0. The Labute approximate surface area is 139 Å². The number of nitrogens with one attached hydrogen (secondary N) is 2. The highest BCUT2D eigenvalue weighted by Crippen LogP contribution is 2.16. The molecule has 0 aromatic heterocycles. The second-order valence-electron chi connectivity index (χ2n) is 6.52. The number of hydrogen-bond donors (Lipinski definition) is 2. The molecule has 5 heteroatoms. The summed E-state index contributed by atoms with van der Waals surface area (Å²) in [4.78, 5) is 2.45. The highest BCUT2D eigenvalue weighted by atomic mass is 32.1. The first-order valence-electron chi connectivity index (χ1n) is 7.83. The van der Waals surface area contributed by atoms with Crippen LogP contribution in [0.4, 0.5) is 5.69 Å². The zero-order valence-electron chi connectivity index (χ0n) is 14.0. The van der Waals surface area contributed by atoms with Crippen molar-refractivity contribution in [1.82, 2.24) is 10.2 Å². The average Bonchev–Trinajstić information content (AvgIpc) is 2.50. The first-order chi connectivity index (χ1) is 10.4. The number of nitrogens with zero attached hydrogens (tertiary/aromatic N) is 1. The minimum atomic E-state index is 0.0543. The first-order valence-corrected chi connectivity index (χ1v) is 8.24. The van der Waals surface area contributed by atoms with Crippen LogP contribution in [0.15, 0.2) is 18.2 Å². The zero-order valence-corrected chi connectivity index (χ0v) is 14.8. The van der Waals surface area contributed by atoms with Crippen molar-refractivity contribution in [2.24, 2.45) is 0 Å². The smallest absolute Gasteiger partial charge is 0.170 e. The molecule has 1 aliphatic heterocycles. The van der Waals surface area contributed by atoms with E-state index < -0.39 is 0 Å². The standard InChI is InChI=1S/C17H27N3OS/c1-13-5-6-15(11-14(13)2)19-16(22)18-12-17(3,4)20-7-9-21-10-8-20/h5-6,11H,7-10,12H2,1-4H3,(H2,18,19,22). The molecule has 0 amide bonds. The van der Waals surface area contributed by atoms with E-state index in [1.54, 1.807) is 0 Å². The molecule has 122 valence electrons. The second kappa shape index (κ2) is 7.40. The number of aryl methyl sites for hydroxylation is 2. The highest BCUT2D eigenvalue weighted by Gasteiger charge is 2.28. The van der Waals surface area contributed by atoms with Crippen molar-refractivity contribution in [2.45, 2.75) is 33.2 Å². The van der Waals surface area contributed by atoms with Gasteiger partial charge in [-0.1, -0.05) is 6.07 Å². The molecule has 1 saturated heterocycles. The van der Waals surface area contributed by atoms with Gasteiger partial charge in [0, 0.05) is 30.9 Å². The third-order valence-corrected chi connectivity index (χ3v) is 4.56. The Balaban J connectivity index is 1.84. The van der Waals surface area contributed by atoms with Gasteiger partial charge in [0.15, 0.2) is 5.11 Å². The number of benzene rings is 1. The summed E-state index contributed by atoms with van der Waals surface area (Å²) in [6, 6.07) is 6.29. The summed E-state index contributed by atoms with van der Waals surface area (Å²) < 4.78 is 5.42. The Morgan fingerprint density at radius 2 is 1.91 bits per heavy atom. The lowest BCUT2D eigenvalue weighted by Crippen LogP contribution is -2.55. The molecule has 0 radical (unpaired) electrons. The van der Waals surface area contributed by atoms with Gasteiger partial charge in [-0.05, 0) is 63.2 Å². The maximum absolute atomic E-state index is 5.42. The molecule has 1 heterocycles. The Hall–Kier alpha value is -1.17. The van der Waals surface area contributed by atoms with Gasteiger partial charge in [0.25, 0.3) is 0 Å². The van der Waals surface area contributed by atoms with Gasteiger partial charge in [-0.2, -0.15) is 0 Å². The van der Waals surface area contributed by atoms with Gasteiger partial charge in [-0.25, -0.2) is 0 Å². The summed E-state index contributed by atoms with van der Waals surface area (Å²) >= 11 is 5.42. The Morgan fingerprint density at radius 1 is 1.23 bits per heavy atom. The largest absolute Gasteiger partial charge is 0.379 e. The lowest BCUT2D eigenvalue weighted by Gasteiger charge is -2.41. The second-order valence-corrected chi connectivity index (χ2v) is 6.93. The van der Waals surface area contributed by atoms with Gasteiger partial charge in [0.05, 0.1) is 13.2 Å². The van der Waals surface area contributed by atoms with E-state index in [1.807, 2.05) is 0 Å². The van der Waals surface area contributed by atoms with Gasteiger partial charge >= 0.3 is 0 Å². The van der Waals surface area contributed by atoms with Crippen LogP contribution in [0.5, 0.6) is 0 Å². The van der Waals surface area contributed by atoms with E-state index >= 15 is 0 Å². The molecular weight excluding hydrogens is 294 g/mol. The normalized spacial score (nSPS) is 16.4. The number of hydrogen-bond acceptors (Lipinski definition) is 3. The van der Waals surface area contributed by atoms with Gasteiger partial charge in [0.1, 0.15) is 0 Å². The van der Waals surface area contributed by atoms with Crippen LogP contribution in [-0.4, -0.2) is 48.4 Å². The molecule has 0 spiro atoms. The molecule has 2 rings (SSSR count). The Morgan fingerprint density at radius 3 is 2.55 bits per heavy atom. The Bertz CT molecular complexity index is 525. The topological polar surface area (TPSA) is 36.5 Å². The van der Waals surface area contributed by atoms with E-state index in [4.69, 9.17) is 17.0 Å². The fourth-order valence-corrected chi connectivity index (χ4v) is 2.76. The van der Waals surface area contributed by atoms with E-state index in [0.29, 0.717) is 5.11 Å². The van der Waals surface area contributed by atoms with Gasteiger partial charge in [0.2, 0.25) is 0 Å². The number of anilines is 1. The molecule has 4 nitrogen and oxygen atoms in total. The van der Waals surface area contributed by atoms with Crippen LogP contribution in [0, 0.1) is 13.8 Å². The van der Waals surface area contributed by atoms with Crippen LogP contribution >= 0.6 is 12.2 Å². The molecule has 1 aromatic rings. The molecule has 0 bridgehead atoms. The van der Waals surface area contributed by atoms with Crippen LogP contribution in [0.2, 0.25) is 0 Å². The molecule has 0 saturated carbocycles. The molecule has 22 heavy (non-hydrogen) atoms. The predicted molar refractivity (Wildman–Crippen MR) is 96.6 cm³/mol. The fourth-order valence-electron chi connectivity index (χ4n) is 2.57. The van der Waals surface area contributed by atoms with Crippen molar-refractivity contribution in [1.29, 1.82) is 0 Å². The van der Waals surface area contributed by atoms with Crippen LogP contribution in [0.3, 0.4) is 0 Å². The molecule has 0 unspecified atom stereocenters. The van der Waals surface area contributed by atoms with E-state index in [2.05, 4.69) is 61.4 Å². The fraction of sp³-hybridized carbons (Fsp3) is 0.588. The van der Waals surface area contributed by atoms with Gasteiger partial charge in [-0.15, -0.1) is 0 Å². The maximum Gasteiger partial charge on any atom is 0.170 e.